The molecule has 3 aromatic rings. The molecule has 4 nitrogen and oxygen atoms in total. The molecule has 5 heteroatoms. The van der Waals surface area contributed by atoms with Crippen molar-refractivity contribution in [2.24, 2.45) is 0 Å². The molecule has 4 rings (SSSR count). The zero-order valence-corrected chi connectivity index (χ0v) is 15.4. The van der Waals surface area contributed by atoms with E-state index in [4.69, 9.17) is 0 Å². The molecular formula is C21H22N2O2S. The molecule has 0 atom stereocenters. The van der Waals surface area contributed by atoms with E-state index in [1.807, 2.05) is 48.5 Å². The molecule has 1 aliphatic rings. The predicted octanol–water partition coefficient (Wildman–Crippen LogP) is 3.35. The number of benzene rings is 3. The van der Waals surface area contributed by atoms with Crippen LogP contribution in [0.4, 0.5) is 0 Å². The van der Waals surface area contributed by atoms with Gasteiger partial charge in [-0.05, 0) is 28.5 Å². The molecule has 1 saturated heterocycles. The quantitative estimate of drug-likeness (QED) is 0.711. The van der Waals surface area contributed by atoms with Crippen molar-refractivity contribution in [3.05, 3.63) is 78.4 Å². The molecule has 1 aliphatic heterocycles. The van der Waals surface area contributed by atoms with Crippen molar-refractivity contribution in [2.75, 3.05) is 26.2 Å². The van der Waals surface area contributed by atoms with E-state index in [2.05, 4.69) is 17.0 Å². The van der Waals surface area contributed by atoms with Gasteiger partial charge in [0.25, 0.3) is 0 Å². The molecule has 134 valence electrons. The van der Waals surface area contributed by atoms with Gasteiger partial charge in [0.15, 0.2) is 0 Å². The van der Waals surface area contributed by atoms with Gasteiger partial charge >= 0.3 is 0 Å². The van der Waals surface area contributed by atoms with E-state index in [9.17, 15) is 8.42 Å². The van der Waals surface area contributed by atoms with Crippen LogP contribution in [-0.4, -0.2) is 43.8 Å². The molecule has 0 unspecified atom stereocenters. The highest BCUT2D eigenvalue weighted by molar-refractivity contribution is 7.89. The first kappa shape index (κ1) is 17.2. The summed E-state index contributed by atoms with van der Waals surface area (Å²) in [5.41, 5.74) is 1.26. The van der Waals surface area contributed by atoms with Gasteiger partial charge in [-0.3, -0.25) is 4.90 Å². The van der Waals surface area contributed by atoms with Gasteiger partial charge in [0.2, 0.25) is 10.0 Å². The highest BCUT2D eigenvalue weighted by atomic mass is 32.2. The minimum absolute atomic E-state index is 0.382. The van der Waals surface area contributed by atoms with Gasteiger partial charge in [-0.25, -0.2) is 8.42 Å². The standard InChI is InChI=1S/C21H22N2O2S/c24-26(25,21-11-10-19-8-4-5-9-20(19)16-21)23-14-12-22(13-15-23)17-18-6-2-1-3-7-18/h1-11,16H,12-15,17H2. The smallest absolute Gasteiger partial charge is 0.243 e. The largest absolute Gasteiger partial charge is 0.296 e. The van der Waals surface area contributed by atoms with E-state index in [0.717, 1.165) is 30.4 Å². The van der Waals surface area contributed by atoms with Crippen LogP contribution < -0.4 is 0 Å². The summed E-state index contributed by atoms with van der Waals surface area (Å²) in [6, 6.07) is 23.5. The molecule has 0 spiro atoms. The molecule has 26 heavy (non-hydrogen) atoms. The molecule has 0 aliphatic carbocycles. The maximum atomic E-state index is 13.0. The first-order chi connectivity index (χ1) is 12.6. The van der Waals surface area contributed by atoms with Crippen LogP contribution in [0.25, 0.3) is 10.8 Å². The van der Waals surface area contributed by atoms with E-state index in [-0.39, 0.29) is 0 Å². The Hall–Kier alpha value is -2.21. The van der Waals surface area contributed by atoms with Gasteiger partial charge in [-0.2, -0.15) is 4.31 Å². The van der Waals surface area contributed by atoms with Crippen molar-refractivity contribution in [3.8, 4) is 0 Å². The molecule has 1 fully saturated rings. The maximum Gasteiger partial charge on any atom is 0.243 e. The van der Waals surface area contributed by atoms with E-state index in [1.54, 1.807) is 16.4 Å². The summed E-state index contributed by atoms with van der Waals surface area (Å²) in [6.45, 7) is 3.43. The van der Waals surface area contributed by atoms with Gasteiger partial charge in [0.05, 0.1) is 4.90 Å². The Kier molecular flexibility index (Phi) is 4.76. The average Bonchev–Trinajstić information content (AvgIpc) is 2.69. The fraction of sp³-hybridized carbons (Fsp3) is 0.238. The minimum atomic E-state index is -3.44. The fourth-order valence-corrected chi connectivity index (χ4v) is 4.90. The molecule has 0 amide bonds. The van der Waals surface area contributed by atoms with Crippen LogP contribution in [0.1, 0.15) is 5.56 Å². The lowest BCUT2D eigenvalue weighted by Gasteiger charge is -2.34. The third kappa shape index (κ3) is 3.51. The van der Waals surface area contributed by atoms with Gasteiger partial charge in [0.1, 0.15) is 0 Å². The second-order valence-electron chi connectivity index (χ2n) is 6.67. The van der Waals surface area contributed by atoms with Crippen molar-refractivity contribution in [1.82, 2.24) is 9.21 Å². The number of rotatable bonds is 4. The topological polar surface area (TPSA) is 40.6 Å². The van der Waals surface area contributed by atoms with E-state index < -0.39 is 10.0 Å². The number of fused-ring (bicyclic) bond motifs is 1. The van der Waals surface area contributed by atoms with E-state index >= 15 is 0 Å². The van der Waals surface area contributed by atoms with Crippen molar-refractivity contribution < 1.29 is 8.42 Å². The molecule has 0 saturated carbocycles. The van der Waals surface area contributed by atoms with E-state index in [0.29, 0.717) is 18.0 Å². The highest BCUT2D eigenvalue weighted by Crippen LogP contribution is 2.23. The predicted molar refractivity (Wildman–Crippen MR) is 104 cm³/mol. The van der Waals surface area contributed by atoms with Crippen LogP contribution in [-0.2, 0) is 16.6 Å². The lowest BCUT2D eigenvalue weighted by molar-refractivity contribution is 0.181. The first-order valence-electron chi connectivity index (χ1n) is 8.88. The van der Waals surface area contributed by atoms with Gasteiger partial charge in [0, 0.05) is 32.7 Å². The molecular weight excluding hydrogens is 344 g/mol. The first-order valence-corrected chi connectivity index (χ1v) is 10.3. The normalized spacial score (nSPS) is 16.8. The van der Waals surface area contributed by atoms with Crippen LogP contribution in [0, 0.1) is 0 Å². The fourth-order valence-electron chi connectivity index (χ4n) is 3.45. The second kappa shape index (κ2) is 7.19. The van der Waals surface area contributed by atoms with Crippen LogP contribution in [0.5, 0.6) is 0 Å². The SMILES string of the molecule is O=S(=O)(c1ccc2ccccc2c1)N1CCN(Cc2ccccc2)CC1. The maximum absolute atomic E-state index is 13.0. The van der Waals surface area contributed by atoms with Crippen LogP contribution >= 0.6 is 0 Å². The highest BCUT2D eigenvalue weighted by Gasteiger charge is 2.28. The van der Waals surface area contributed by atoms with Gasteiger partial charge < -0.3 is 0 Å². The van der Waals surface area contributed by atoms with Crippen molar-refractivity contribution in [3.63, 3.8) is 0 Å². The molecule has 1 heterocycles. The summed E-state index contributed by atoms with van der Waals surface area (Å²) in [7, 11) is -3.44. The van der Waals surface area contributed by atoms with Crippen LogP contribution in [0.3, 0.4) is 0 Å². The number of piperazine rings is 1. The Morgan fingerprint density at radius 2 is 1.38 bits per heavy atom. The van der Waals surface area contributed by atoms with E-state index in [1.165, 1.54) is 5.56 Å². The van der Waals surface area contributed by atoms with Crippen molar-refractivity contribution in [2.45, 2.75) is 11.4 Å². The minimum Gasteiger partial charge on any atom is -0.296 e. The monoisotopic (exact) mass is 366 g/mol. The van der Waals surface area contributed by atoms with Crippen molar-refractivity contribution >= 4 is 20.8 Å². The van der Waals surface area contributed by atoms with Gasteiger partial charge in [-0.15, -0.1) is 0 Å². The lowest BCUT2D eigenvalue weighted by atomic mass is 10.1. The molecule has 0 aromatic heterocycles. The second-order valence-corrected chi connectivity index (χ2v) is 8.61. The summed E-state index contributed by atoms with van der Waals surface area (Å²) in [5, 5.41) is 2.01. The Morgan fingerprint density at radius 1 is 0.731 bits per heavy atom. The van der Waals surface area contributed by atoms with Crippen LogP contribution in [0.2, 0.25) is 0 Å². The molecule has 0 bridgehead atoms. The third-order valence-corrected chi connectivity index (χ3v) is 6.83. The zero-order valence-electron chi connectivity index (χ0n) is 14.6. The Morgan fingerprint density at radius 3 is 2.12 bits per heavy atom. The number of hydrogen-bond donors (Lipinski definition) is 0. The third-order valence-electron chi connectivity index (χ3n) is 4.94. The summed E-state index contributed by atoms with van der Waals surface area (Å²) in [5.74, 6) is 0. The number of nitrogens with zero attached hydrogens (tertiary/aromatic N) is 2. The Bertz CT molecular complexity index is 995. The van der Waals surface area contributed by atoms with Crippen molar-refractivity contribution in [1.29, 1.82) is 0 Å². The Labute approximate surface area is 154 Å². The summed E-state index contributed by atoms with van der Waals surface area (Å²) < 4.78 is 27.6. The van der Waals surface area contributed by atoms with Crippen LogP contribution in [0.15, 0.2) is 77.7 Å². The molecule has 0 N–H and O–H groups in total. The average molecular weight is 366 g/mol. The number of hydrogen-bond acceptors (Lipinski definition) is 3. The number of sulfonamides is 1. The molecule has 0 radical (unpaired) electrons. The summed E-state index contributed by atoms with van der Waals surface area (Å²) in [4.78, 5) is 2.69. The lowest BCUT2D eigenvalue weighted by Crippen LogP contribution is -2.48. The van der Waals surface area contributed by atoms with Gasteiger partial charge in [-0.1, -0.05) is 60.7 Å². The summed E-state index contributed by atoms with van der Waals surface area (Å²) >= 11 is 0. The zero-order chi connectivity index (χ0) is 18.0. The molecule has 3 aromatic carbocycles. The summed E-state index contributed by atoms with van der Waals surface area (Å²) in [6.07, 6.45) is 0. The Balaban J connectivity index is 1.47.